The van der Waals surface area contributed by atoms with Crippen molar-refractivity contribution >= 4 is 17.3 Å². The molecule has 0 saturated heterocycles. The topological polar surface area (TPSA) is 53.6 Å². The van der Waals surface area contributed by atoms with Crippen molar-refractivity contribution in [3.8, 4) is 17.2 Å². The highest BCUT2D eigenvalue weighted by molar-refractivity contribution is 6.30. The summed E-state index contributed by atoms with van der Waals surface area (Å²) in [6.45, 7) is 0.614. The lowest BCUT2D eigenvalue weighted by Crippen LogP contribution is -2.01. The molecule has 4 nitrogen and oxygen atoms in total. The molecule has 0 saturated carbocycles. The number of hydrogen-bond acceptors (Lipinski definition) is 3. The molecule has 0 fully saturated rings. The summed E-state index contributed by atoms with van der Waals surface area (Å²) in [5.74, 6) is 0. The van der Waals surface area contributed by atoms with Crippen LogP contribution in [-0.4, -0.2) is 9.78 Å². The molecule has 0 radical (unpaired) electrons. The van der Waals surface area contributed by atoms with Crippen LogP contribution in [0.5, 0.6) is 0 Å². The third-order valence-corrected chi connectivity index (χ3v) is 3.79. The quantitative estimate of drug-likeness (QED) is 0.782. The van der Waals surface area contributed by atoms with Crippen LogP contribution in [0.15, 0.2) is 54.9 Å². The number of aromatic nitrogens is 2. The van der Waals surface area contributed by atoms with Gasteiger partial charge in [-0.2, -0.15) is 10.4 Å². The first-order valence-corrected chi connectivity index (χ1v) is 7.55. The van der Waals surface area contributed by atoms with Crippen LogP contribution in [0.4, 0.5) is 5.69 Å². The van der Waals surface area contributed by atoms with Crippen LogP contribution in [0, 0.1) is 11.3 Å². The van der Waals surface area contributed by atoms with Crippen molar-refractivity contribution in [1.82, 2.24) is 9.78 Å². The van der Waals surface area contributed by atoms with E-state index in [9.17, 15) is 0 Å². The van der Waals surface area contributed by atoms with Crippen LogP contribution < -0.4 is 5.32 Å². The van der Waals surface area contributed by atoms with Crippen molar-refractivity contribution < 1.29 is 0 Å². The molecule has 0 aliphatic rings. The van der Waals surface area contributed by atoms with Gasteiger partial charge in [-0.1, -0.05) is 29.8 Å². The number of nitrogens with one attached hydrogen (secondary N) is 1. The summed E-state index contributed by atoms with van der Waals surface area (Å²) < 4.78 is 1.78. The fourth-order valence-corrected chi connectivity index (χ4v) is 2.56. The predicted molar refractivity (Wildman–Crippen MR) is 92.1 cm³/mol. The average Bonchev–Trinajstić information content (AvgIpc) is 3.00. The summed E-state index contributed by atoms with van der Waals surface area (Å²) in [5, 5.41) is 17.2. The molecule has 5 heteroatoms. The Balaban J connectivity index is 1.79. The Morgan fingerprint density at radius 3 is 2.83 bits per heavy atom. The largest absolute Gasteiger partial charge is 0.380 e. The highest BCUT2D eigenvalue weighted by atomic mass is 35.5. The van der Waals surface area contributed by atoms with E-state index in [2.05, 4.69) is 28.6 Å². The van der Waals surface area contributed by atoms with E-state index in [4.69, 9.17) is 16.9 Å². The predicted octanol–water partition coefficient (Wildman–Crippen LogP) is 4.22. The number of rotatable bonds is 4. The molecule has 3 rings (SSSR count). The van der Waals surface area contributed by atoms with E-state index in [0.29, 0.717) is 17.1 Å². The number of benzene rings is 2. The zero-order valence-electron chi connectivity index (χ0n) is 12.6. The van der Waals surface area contributed by atoms with Crippen LogP contribution in [0.3, 0.4) is 0 Å². The van der Waals surface area contributed by atoms with Crippen molar-refractivity contribution in [3.05, 3.63) is 71.0 Å². The second-order valence-electron chi connectivity index (χ2n) is 5.26. The van der Waals surface area contributed by atoms with Gasteiger partial charge in [0, 0.05) is 30.4 Å². The van der Waals surface area contributed by atoms with E-state index in [1.54, 1.807) is 22.9 Å². The number of nitrogens with zero attached hydrogens (tertiary/aromatic N) is 3. The van der Waals surface area contributed by atoms with Gasteiger partial charge in [0.2, 0.25) is 0 Å². The maximum Gasteiger partial charge on any atom is 0.101 e. The van der Waals surface area contributed by atoms with Gasteiger partial charge in [0.25, 0.3) is 0 Å². The third kappa shape index (κ3) is 3.53. The fourth-order valence-electron chi connectivity index (χ4n) is 2.39. The molecule has 114 valence electrons. The Hall–Kier alpha value is -2.77. The first-order valence-electron chi connectivity index (χ1n) is 7.17. The monoisotopic (exact) mass is 322 g/mol. The summed E-state index contributed by atoms with van der Waals surface area (Å²) in [6, 6.07) is 15.6. The second kappa shape index (κ2) is 6.55. The lowest BCUT2D eigenvalue weighted by molar-refractivity contribution is 0.768. The van der Waals surface area contributed by atoms with Crippen molar-refractivity contribution in [2.75, 3.05) is 5.32 Å². The van der Waals surface area contributed by atoms with Gasteiger partial charge in [0.05, 0.1) is 17.4 Å². The maximum atomic E-state index is 9.16. The van der Waals surface area contributed by atoms with Crippen molar-refractivity contribution in [2.45, 2.75) is 6.54 Å². The molecule has 1 heterocycles. The van der Waals surface area contributed by atoms with E-state index in [0.717, 1.165) is 22.4 Å². The standard InChI is InChI=1S/C18H15ClN4/c1-23-12-16(11-22-23)14-4-2-3-13(7-14)10-21-18-8-17(19)6-5-15(18)9-20/h2-8,11-12,21H,10H2,1H3. The number of aryl methyl sites for hydroxylation is 1. The van der Waals surface area contributed by atoms with Crippen LogP contribution in [-0.2, 0) is 13.6 Å². The molecule has 0 spiro atoms. The molecule has 1 aromatic heterocycles. The molecule has 1 N–H and O–H groups in total. The highest BCUT2D eigenvalue weighted by Gasteiger charge is 2.05. The van der Waals surface area contributed by atoms with E-state index >= 15 is 0 Å². The van der Waals surface area contributed by atoms with Crippen LogP contribution in [0.25, 0.3) is 11.1 Å². The first-order chi connectivity index (χ1) is 11.2. The summed E-state index contributed by atoms with van der Waals surface area (Å²) in [4.78, 5) is 0. The Bertz CT molecular complexity index is 877. The Morgan fingerprint density at radius 2 is 2.09 bits per heavy atom. The molecule has 0 aliphatic carbocycles. The van der Waals surface area contributed by atoms with Crippen LogP contribution in [0.2, 0.25) is 5.02 Å². The minimum Gasteiger partial charge on any atom is -0.380 e. The zero-order chi connectivity index (χ0) is 16.2. The summed E-state index contributed by atoms with van der Waals surface area (Å²) in [6.07, 6.45) is 3.83. The summed E-state index contributed by atoms with van der Waals surface area (Å²) in [7, 11) is 1.90. The van der Waals surface area contributed by atoms with E-state index < -0.39 is 0 Å². The van der Waals surface area contributed by atoms with E-state index in [1.165, 1.54) is 0 Å². The van der Waals surface area contributed by atoms with Gasteiger partial charge in [-0.3, -0.25) is 4.68 Å². The minimum atomic E-state index is 0.581. The van der Waals surface area contributed by atoms with E-state index in [-0.39, 0.29) is 0 Å². The van der Waals surface area contributed by atoms with Crippen LogP contribution in [0.1, 0.15) is 11.1 Å². The molecule has 0 atom stereocenters. The number of halogens is 1. The average molecular weight is 323 g/mol. The molecule has 0 aliphatic heterocycles. The molecular weight excluding hydrogens is 308 g/mol. The summed E-state index contributed by atoms with van der Waals surface area (Å²) >= 11 is 6.00. The van der Waals surface area contributed by atoms with Gasteiger partial charge in [0.15, 0.2) is 0 Å². The van der Waals surface area contributed by atoms with Gasteiger partial charge < -0.3 is 5.32 Å². The van der Waals surface area contributed by atoms with Crippen LogP contribution >= 0.6 is 11.6 Å². The lowest BCUT2D eigenvalue weighted by Gasteiger charge is -2.09. The van der Waals surface area contributed by atoms with Gasteiger partial charge in [-0.15, -0.1) is 0 Å². The van der Waals surface area contributed by atoms with Crippen molar-refractivity contribution in [1.29, 1.82) is 5.26 Å². The van der Waals surface area contributed by atoms with Crippen molar-refractivity contribution in [2.24, 2.45) is 7.05 Å². The van der Waals surface area contributed by atoms with Gasteiger partial charge in [0.1, 0.15) is 6.07 Å². The maximum absolute atomic E-state index is 9.16. The first kappa shape index (κ1) is 15.1. The number of nitriles is 1. The molecule has 23 heavy (non-hydrogen) atoms. The normalized spacial score (nSPS) is 10.3. The third-order valence-electron chi connectivity index (χ3n) is 3.55. The number of anilines is 1. The molecule has 0 bridgehead atoms. The van der Waals surface area contributed by atoms with Gasteiger partial charge in [-0.05, 0) is 35.4 Å². The molecule has 2 aromatic carbocycles. The fraction of sp³-hybridized carbons (Fsp3) is 0.111. The molecule has 0 amide bonds. The lowest BCUT2D eigenvalue weighted by atomic mass is 10.1. The molecule has 3 aromatic rings. The minimum absolute atomic E-state index is 0.581. The Labute approximate surface area is 139 Å². The highest BCUT2D eigenvalue weighted by Crippen LogP contribution is 2.23. The Kier molecular flexibility index (Phi) is 4.31. The molecule has 0 unspecified atom stereocenters. The smallest absolute Gasteiger partial charge is 0.101 e. The zero-order valence-corrected chi connectivity index (χ0v) is 13.4. The van der Waals surface area contributed by atoms with Gasteiger partial charge in [-0.25, -0.2) is 0 Å². The Morgan fingerprint density at radius 1 is 1.22 bits per heavy atom. The SMILES string of the molecule is Cn1cc(-c2cccc(CNc3cc(Cl)ccc3C#N)c2)cn1. The molecular formula is C18H15ClN4. The van der Waals surface area contributed by atoms with Crippen molar-refractivity contribution in [3.63, 3.8) is 0 Å². The van der Waals surface area contributed by atoms with Gasteiger partial charge >= 0.3 is 0 Å². The summed E-state index contributed by atoms with van der Waals surface area (Å²) in [5.41, 5.74) is 4.64. The number of hydrogen-bond donors (Lipinski definition) is 1. The van der Waals surface area contributed by atoms with E-state index in [1.807, 2.05) is 31.6 Å². The second-order valence-corrected chi connectivity index (χ2v) is 5.69.